The lowest BCUT2D eigenvalue weighted by molar-refractivity contribution is 0.154. The lowest BCUT2D eigenvalue weighted by Crippen LogP contribution is -1.99. The quantitative estimate of drug-likeness (QED) is 0.811. The van der Waals surface area contributed by atoms with Crippen LogP contribution in [-0.4, -0.2) is 5.11 Å². The van der Waals surface area contributed by atoms with E-state index in [-0.39, 0.29) is 6.10 Å². The van der Waals surface area contributed by atoms with E-state index < -0.39 is 0 Å². The van der Waals surface area contributed by atoms with Crippen molar-refractivity contribution in [2.45, 2.75) is 45.6 Å². The predicted octanol–water partition coefficient (Wildman–Crippen LogP) is 3.32. The van der Waals surface area contributed by atoms with Crippen molar-refractivity contribution < 1.29 is 5.11 Å². The molecule has 1 aliphatic carbocycles. The van der Waals surface area contributed by atoms with Gasteiger partial charge in [-0.15, -0.1) is 11.3 Å². The summed E-state index contributed by atoms with van der Waals surface area (Å²) in [5.41, 5.74) is 1.49. The summed E-state index contributed by atoms with van der Waals surface area (Å²) < 4.78 is 0. The van der Waals surface area contributed by atoms with E-state index in [0.29, 0.717) is 5.92 Å². The number of aliphatic hydroxyl groups excluding tert-OH is 1. The number of thiophene rings is 1. The molecule has 1 unspecified atom stereocenters. The van der Waals surface area contributed by atoms with Gasteiger partial charge in [0.25, 0.3) is 0 Å². The molecule has 0 aliphatic heterocycles. The molecule has 1 nitrogen and oxygen atoms in total. The average molecular weight is 210 g/mol. The predicted molar refractivity (Wildman–Crippen MR) is 60.8 cm³/mol. The van der Waals surface area contributed by atoms with E-state index in [4.69, 9.17) is 0 Å². The molecule has 0 amide bonds. The van der Waals surface area contributed by atoms with Crippen molar-refractivity contribution in [1.29, 1.82) is 0 Å². The fourth-order valence-corrected chi connectivity index (χ4v) is 3.34. The zero-order valence-electron chi connectivity index (χ0n) is 8.92. The number of fused-ring (bicyclic) bond motifs is 1. The van der Waals surface area contributed by atoms with Crippen molar-refractivity contribution >= 4 is 11.3 Å². The van der Waals surface area contributed by atoms with Crippen LogP contribution in [0.4, 0.5) is 0 Å². The van der Waals surface area contributed by atoms with Crippen LogP contribution in [0, 0.1) is 5.92 Å². The number of aliphatic hydroxyl groups is 1. The van der Waals surface area contributed by atoms with Gasteiger partial charge in [-0.05, 0) is 43.2 Å². The summed E-state index contributed by atoms with van der Waals surface area (Å²) in [6.07, 6.45) is 4.42. The number of rotatable bonds is 3. The van der Waals surface area contributed by atoms with Gasteiger partial charge >= 0.3 is 0 Å². The Morgan fingerprint density at radius 1 is 1.43 bits per heavy atom. The minimum atomic E-state index is -0.231. The second-order valence-corrected chi connectivity index (χ2v) is 5.76. The molecule has 1 aromatic rings. The Morgan fingerprint density at radius 2 is 2.21 bits per heavy atom. The zero-order chi connectivity index (χ0) is 10.1. The van der Waals surface area contributed by atoms with Crippen LogP contribution in [0.25, 0.3) is 0 Å². The fourth-order valence-electron chi connectivity index (χ4n) is 2.08. The Bertz CT molecular complexity index is 293. The summed E-state index contributed by atoms with van der Waals surface area (Å²) in [5, 5.41) is 9.96. The van der Waals surface area contributed by atoms with Gasteiger partial charge in [-0.3, -0.25) is 0 Å². The van der Waals surface area contributed by atoms with Gasteiger partial charge in [0.1, 0.15) is 0 Å². The third kappa shape index (κ3) is 2.01. The Labute approximate surface area is 89.8 Å². The lowest BCUT2D eigenvalue weighted by Gasteiger charge is -2.10. The first-order valence-corrected chi connectivity index (χ1v) is 6.28. The second kappa shape index (κ2) is 4.03. The Hall–Kier alpha value is -0.340. The van der Waals surface area contributed by atoms with Gasteiger partial charge in [0, 0.05) is 9.75 Å². The number of hydrogen-bond acceptors (Lipinski definition) is 2. The molecule has 2 rings (SSSR count). The molecule has 14 heavy (non-hydrogen) atoms. The summed E-state index contributed by atoms with van der Waals surface area (Å²) in [7, 11) is 0. The van der Waals surface area contributed by atoms with Gasteiger partial charge in [-0.1, -0.05) is 13.8 Å². The van der Waals surface area contributed by atoms with Crippen molar-refractivity contribution in [1.82, 2.24) is 0 Å². The molecule has 1 heterocycles. The first-order valence-electron chi connectivity index (χ1n) is 5.46. The van der Waals surface area contributed by atoms with Crippen LogP contribution in [0.1, 0.15) is 48.1 Å². The Kier molecular flexibility index (Phi) is 2.93. The van der Waals surface area contributed by atoms with Gasteiger partial charge < -0.3 is 5.11 Å². The molecule has 1 aromatic heterocycles. The largest absolute Gasteiger partial charge is 0.388 e. The molecule has 2 heteroatoms. The maximum Gasteiger partial charge on any atom is 0.0884 e. The minimum Gasteiger partial charge on any atom is -0.388 e. The van der Waals surface area contributed by atoms with Crippen LogP contribution in [0.5, 0.6) is 0 Å². The Balaban J connectivity index is 2.09. The van der Waals surface area contributed by atoms with Crippen LogP contribution in [-0.2, 0) is 12.8 Å². The maximum absolute atomic E-state index is 9.96. The molecule has 0 fully saturated rings. The molecule has 78 valence electrons. The van der Waals surface area contributed by atoms with Crippen LogP contribution in [0.2, 0.25) is 0 Å². The van der Waals surface area contributed by atoms with Crippen molar-refractivity contribution in [2.75, 3.05) is 0 Å². The third-order valence-electron chi connectivity index (χ3n) is 2.79. The van der Waals surface area contributed by atoms with Gasteiger partial charge in [0.15, 0.2) is 0 Å². The van der Waals surface area contributed by atoms with Crippen molar-refractivity contribution in [3.63, 3.8) is 0 Å². The molecule has 0 spiro atoms. The highest BCUT2D eigenvalue weighted by molar-refractivity contribution is 7.12. The van der Waals surface area contributed by atoms with Gasteiger partial charge in [-0.25, -0.2) is 0 Å². The molecule has 0 bridgehead atoms. The standard InChI is InChI=1S/C12H18OS/c1-8(2)6-10(13)12-7-9-4-3-5-11(9)14-12/h7-8,10,13H,3-6H2,1-2H3. The fraction of sp³-hybridized carbons (Fsp3) is 0.667. The van der Waals surface area contributed by atoms with E-state index in [2.05, 4.69) is 19.9 Å². The van der Waals surface area contributed by atoms with E-state index in [9.17, 15) is 5.11 Å². The van der Waals surface area contributed by atoms with Crippen molar-refractivity contribution in [3.05, 3.63) is 21.4 Å². The summed E-state index contributed by atoms with van der Waals surface area (Å²) in [4.78, 5) is 2.70. The molecule has 1 aliphatic rings. The topological polar surface area (TPSA) is 20.2 Å². The van der Waals surface area contributed by atoms with Gasteiger partial charge in [0.2, 0.25) is 0 Å². The molecule has 1 atom stereocenters. The molecular weight excluding hydrogens is 192 g/mol. The van der Waals surface area contributed by atoms with Crippen molar-refractivity contribution in [3.8, 4) is 0 Å². The van der Waals surface area contributed by atoms with Crippen LogP contribution in [0.15, 0.2) is 6.07 Å². The smallest absolute Gasteiger partial charge is 0.0884 e. The highest BCUT2D eigenvalue weighted by atomic mass is 32.1. The molecule has 0 aromatic carbocycles. The normalized spacial score (nSPS) is 17.4. The zero-order valence-corrected chi connectivity index (χ0v) is 9.73. The monoisotopic (exact) mass is 210 g/mol. The van der Waals surface area contributed by atoms with E-state index in [0.717, 1.165) is 6.42 Å². The first kappa shape index (κ1) is 10.2. The van der Waals surface area contributed by atoms with E-state index in [1.807, 2.05) is 11.3 Å². The number of hydrogen-bond donors (Lipinski definition) is 1. The van der Waals surface area contributed by atoms with E-state index in [1.54, 1.807) is 0 Å². The highest BCUT2D eigenvalue weighted by Gasteiger charge is 2.19. The third-order valence-corrected chi connectivity index (χ3v) is 4.13. The molecule has 0 radical (unpaired) electrons. The highest BCUT2D eigenvalue weighted by Crippen LogP contribution is 2.35. The van der Waals surface area contributed by atoms with Gasteiger partial charge in [0.05, 0.1) is 6.10 Å². The summed E-state index contributed by atoms with van der Waals surface area (Å²) >= 11 is 1.82. The van der Waals surface area contributed by atoms with Crippen molar-refractivity contribution in [2.24, 2.45) is 5.92 Å². The Morgan fingerprint density at radius 3 is 2.86 bits per heavy atom. The summed E-state index contributed by atoms with van der Waals surface area (Å²) in [6, 6.07) is 2.22. The molecule has 0 saturated carbocycles. The first-order chi connectivity index (χ1) is 6.66. The lowest BCUT2D eigenvalue weighted by atomic mass is 10.0. The summed E-state index contributed by atoms with van der Waals surface area (Å²) in [5.74, 6) is 0.571. The molecule has 1 N–H and O–H groups in total. The van der Waals surface area contributed by atoms with Crippen LogP contribution < -0.4 is 0 Å². The van der Waals surface area contributed by atoms with E-state index >= 15 is 0 Å². The second-order valence-electron chi connectivity index (χ2n) is 4.60. The SMILES string of the molecule is CC(C)CC(O)c1cc2c(s1)CCC2. The average Bonchev–Trinajstić information content (AvgIpc) is 2.58. The molecule has 0 saturated heterocycles. The van der Waals surface area contributed by atoms with E-state index in [1.165, 1.54) is 34.6 Å². The summed E-state index contributed by atoms with van der Waals surface area (Å²) in [6.45, 7) is 4.31. The van der Waals surface area contributed by atoms with Crippen LogP contribution in [0.3, 0.4) is 0 Å². The van der Waals surface area contributed by atoms with Gasteiger partial charge in [-0.2, -0.15) is 0 Å². The number of aryl methyl sites for hydroxylation is 2. The molecular formula is C12H18OS. The minimum absolute atomic E-state index is 0.231. The van der Waals surface area contributed by atoms with Crippen LogP contribution >= 0.6 is 11.3 Å². The maximum atomic E-state index is 9.96.